The van der Waals surface area contributed by atoms with Crippen LogP contribution in [0.25, 0.3) is 22.3 Å². The number of hydrogen-bond acceptors (Lipinski definition) is 12. The second-order valence-electron chi connectivity index (χ2n) is 16.3. The van der Waals surface area contributed by atoms with Crippen molar-refractivity contribution in [2.24, 2.45) is 0 Å². The first-order valence-electron chi connectivity index (χ1n) is 21.6. The molecule has 0 saturated heterocycles. The van der Waals surface area contributed by atoms with E-state index in [2.05, 4.69) is 31.3 Å². The van der Waals surface area contributed by atoms with Crippen LogP contribution in [-0.4, -0.2) is 96.5 Å². The Morgan fingerprint density at radius 2 is 1.71 bits per heavy atom. The molecule has 2 aliphatic heterocycles. The summed E-state index contributed by atoms with van der Waals surface area (Å²) in [7, 11) is 1.14. The number of aryl methyl sites for hydroxylation is 1. The minimum atomic E-state index is -1.97. The van der Waals surface area contributed by atoms with Gasteiger partial charge in [0, 0.05) is 35.6 Å². The van der Waals surface area contributed by atoms with Crippen molar-refractivity contribution in [3.05, 3.63) is 97.6 Å². The van der Waals surface area contributed by atoms with Gasteiger partial charge in [0.05, 0.1) is 49.2 Å². The molecule has 1 unspecified atom stereocenters. The van der Waals surface area contributed by atoms with Crippen molar-refractivity contribution in [3.8, 4) is 11.4 Å². The number of fused-ring (bicyclic) bond motifs is 5. The summed E-state index contributed by atoms with van der Waals surface area (Å²) < 4.78 is 32.3. The van der Waals surface area contributed by atoms with Crippen LogP contribution in [0.4, 0.5) is 9.18 Å². The normalized spacial score (nSPS) is 17.2. The van der Waals surface area contributed by atoms with E-state index in [1.807, 2.05) is 0 Å². The first kappa shape index (κ1) is 46.3. The number of alkyl carbamates (subject to hydrolysis) is 1. The Bertz CT molecular complexity index is 2600. The molecule has 19 heteroatoms. The molecule has 0 bridgehead atoms. The Morgan fingerprint density at radius 3 is 2.46 bits per heavy atom. The van der Waals surface area contributed by atoms with Gasteiger partial charge in [-0.1, -0.05) is 43.7 Å². The van der Waals surface area contributed by atoms with Crippen LogP contribution in [0.2, 0.25) is 0 Å². The second kappa shape index (κ2) is 20.0. The second-order valence-corrected chi connectivity index (χ2v) is 16.3. The van der Waals surface area contributed by atoms with Crippen LogP contribution in [0, 0.1) is 12.7 Å². The van der Waals surface area contributed by atoms with Crippen LogP contribution in [0.1, 0.15) is 83.9 Å². The van der Waals surface area contributed by atoms with E-state index in [1.165, 1.54) is 6.07 Å². The molecule has 344 valence electrons. The lowest BCUT2D eigenvalue weighted by Gasteiger charge is -2.31. The van der Waals surface area contributed by atoms with Gasteiger partial charge in [0.15, 0.2) is 5.60 Å². The average Bonchev–Trinajstić information content (AvgIpc) is 3.68. The summed E-state index contributed by atoms with van der Waals surface area (Å²) in [4.78, 5) is 93.2. The van der Waals surface area contributed by atoms with E-state index in [4.69, 9.17) is 14.5 Å². The number of carbonyl (C=O) groups is 6. The lowest BCUT2D eigenvalue weighted by Crippen LogP contribution is -2.52. The van der Waals surface area contributed by atoms with E-state index in [-0.39, 0.29) is 67.7 Å². The lowest BCUT2D eigenvalue weighted by atomic mass is 9.76. The number of rotatable bonds is 18. The molecule has 4 heterocycles. The summed E-state index contributed by atoms with van der Waals surface area (Å²) in [6.07, 6.45) is 2.92. The van der Waals surface area contributed by atoms with Gasteiger partial charge in [-0.25, -0.2) is 19.0 Å². The van der Waals surface area contributed by atoms with Crippen molar-refractivity contribution in [2.45, 2.75) is 89.5 Å². The van der Waals surface area contributed by atoms with Crippen LogP contribution in [0.3, 0.4) is 0 Å². The lowest BCUT2D eigenvalue weighted by molar-refractivity contribution is -0.172. The van der Waals surface area contributed by atoms with Crippen LogP contribution < -0.4 is 32.1 Å². The predicted octanol–water partition coefficient (Wildman–Crippen LogP) is 2.13. The number of benzene rings is 2. The molecule has 6 N–H and O–H groups in total. The molecule has 2 aromatic heterocycles. The van der Waals surface area contributed by atoms with Crippen molar-refractivity contribution in [2.75, 3.05) is 40.1 Å². The minimum absolute atomic E-state index is 0.0151. The first-order valence-corrected chi connectivity index (χ1v) is 21.6. The van der Waals surface area contributed by atoms with Gasteiger partial charge in [-0.15, -0.1) is 0 Å². The fourth-order valence-corrected chi connectivity index (χ4v) is 8.86. The van der Waals surface area contributed by atoms with Gasteiger partial charge in [0.1, 0.15) is 31.7 Å². The summed E-state index contributed by atoms with van der Waals surface area (Å²) in [6, 6.07) is 11.0. The first-order chi connectivity index (χ1) is 31.2. The van der Waals surface area contributed by atoms with Crippen LogP contribution in [0.15, 0.2) is 47.3 Å². The predicted molar refractivity (Wildman–Crippen MR) is 232 cm³/mol. The number of hydrogen-bond donors (Lipinski definition) is 6. The highest BCUT2D eigenvalue weighted by atomic mass is 19.1. The Labute approximate surface area is 373 Å². The summed E-state index contributed by atoms with van der Waals surface area (Å²) in [5, 5.41) is 24.5. The summed E-state index contributed by atoms with van der Waals surface area (Å²) in [5.74, 6) is -3.54. The molecule has 18 nitrogen and oxygen atoms in total. The van der Waals surface area contributed by atoms with Gasteiger partial charge in [-0.05, 0) is 73.3 Å². The monoisotopic (exact) mass is 897 g/mol. The van der Waals surface area contributed by atoms with Gasteiger partial charge >= 0.3 is 12.1 Å². The molecule has 7 rings (SSSR count). The van der Waals surface area contributed by atoms with Gasteiger partial charge in [-0.2, -0.15) is 0 Å². The highest BCUT2D eigenvalue weighted by molar-refractivity contribution is 5.94. The topological polar surface area (TPSA) is 245 Å². The fourth-order valence-electron chi connectivity index (χ4n) is 8.86. The molecule has 2 aromatic carbocycles. The van der Waals surface area contributed by atoms with Crippen molar-refractivity contribution in [1.82, 2.24) is 36.1 Å². The van der Waals surface area contributed by atoms with Crippen LogP contribution >= 0.6 is 0 Å². The van der Waals surface area contributed by atoms with E-state index in [9.17, 15) is 38.7 Å². The average molecular weight is 898 g/mol. The maximum atomic E-state index is 15.3. The number of pyridine rings is 2. The standard InChI is InChI=1S/C46H52FN7O11/c1-4-46(62)31-17-35-41-29(22-54(35)43(59)30(31)23-65-44(46)60)39-27(13-14-28-25(2)32(47)18-33(53-41)40(28)39)12-8-9-15-64-24-51-37(56)19-49-42(58)34(16-26-10-6-5-7-11-26)52-38(57)21-48-36(55)20-50-45(61)63-3/h5-7,10-11,17-18,27,34,62H,4,8-9,12-16,19-24H2,1-3H3,(H,48,55)(H,49,58)(H,50,61)(H,51,56)(H,52,57)/t27?,34-,46-/m0/s1. The van der Waals surface area contributed by atoms with Gasteiger partial charge < -0.3 is 50.5 Å². The number of methoxy groups -OCH3 is 1. The van der Waals surface area contributed by atoms with Gasteiger partial charge in [-0.3, -0.25) is 24.0 Å². The van der Waals surface area contributed by atoms with Gasteiger partial charge in [0.2, 0.25) is 23.6 Å². The number of esters is 1. The van der Waals surface area contributed by atoms with Gasteiger partial charge in [0.25, 0.3) is 5.56 Å². The fraction of sp³-hybridized carbons (Fsp3) is 0.435. The molecule has 0 saturated carbocycles. The zero-order valence-corrected chi connectivity index (χ0v) is 36.4. The number of halogens is 1. The quantitative estimate of drug-likeness (QED) is 0.0421. The molecular formula is C46H52FN7O11. The Kier molecular flexibility index (Phi) is 14.2. The molecule has 1 aliphatic carbocycles. The number of ether oxygens (including phenoxy) is 3. The van der Waals surface area contributed by atoms with Crippen LogP contribution in [-0.2, 0) is 69.8 Å². The zero-order chi connectivity index (χ0) is 46.4. The van der Waals surface area contributed by atoms with E-state index >= 15 is 4.39 Å². The third kappa shape index (κ3) is 9.85. The number of nitrogens with one attached hydrogen (secondary N) is 5. The summed E-state index contributed by atoms with van der Waals surface area (Å²) in [5.41, 5.74) is 3.73. The van der Waals surface area contributed by atoms with E-state index in [1.54, 1.807) is 54.8 Å². The number of amides is 5. The Hall–Kier alpha value is -6.73. The zero-order valence-electron chi connectivity index (χ0n) is 36.4. The molecule has 65 heavy (non-hydrogen) atoms. The minimum Gasteiger partial charge on any atom is -0.458 e. The van der Waals surface area contributed by atoms with Crippen molar-refractivity contribution in [1.29, 1.82) is 0 Å². The third-order valence-electron chi connectivity index (χ3n) is 12.3. The molecule has 0 spiro atoms. The van der Waals surface area contributed by atoms with E-state index in [0.717, 1.165) is 54.0 Å². The highest BCUT2D eigenvalue weighted by Crippen LogP contribution is 2.47. The Morgan fingerprint density at radius 1 is 0.969 bits per heavy atom. The SMILES string of the molecule is CC[C@@]1(O)C(=O)OCc2c1cc1n(c2=O)Cc2c-1nc1cc(F)c(C)c3c1c2C(CCCCOCNC(=O)CNC(=O)[C@H](Cc1ccccc1)NC(=O)CNC(=O)CNC(=O)OC)CC3. The third-order valence-corrected chi connectivity index (χ3v) is 12.3. The number of carbonyl (C=O) groups excluding carboxylic acids is 6. The highest BCUT2D eigenvalue weighted by Gasteiger charge is 2.46. The maximum Gasteiger partial charge on any atom is 0.407 e. The van der Waals surface area contributed by atoms with E-state index in [0.29, 0.717) is 41.9 Å². The van der Waals surface area contributed by atoms with E-state index < -0.39 is 60.4 Å². The molecular weight excluding hydrogens is 846 g/mol. The molecule has 0 fully saturated rings. The van der Waals surface area contributed by atoms with Crippen molar-refractivity contribution >= 4 is 46.6 Å². The van der Waals surface area contributed by atoms with Crippen molar-refractivity contribution in [3.63, 3.8) is 0 Å². The number of unbranched alkanes of at least 4 members (excludes halogenated alkanes) is 1. The number of aliphatic hydroxyl groups is 1. The number of aromatic nitrogens is 2. The molecule has 3 atom stereocenters. The molecule has 4 aromatic rings. The maximum absolute atomic E-state index is 15.3. The largest absolute Gasteiger partial charge is 0.458 e. The Balaban J connectivity index is 0.922. The summed E-state index contributed by atoms with van der Waals surface area (Å²) >= 11 is 0. The summed E-state index contributed by atoms with van der Waals surface area (Å²) in [6.45, 7) is 2.38. The molecule has 5 amide bonds. The van der Waals surface area contributed by atoms with Crippen molar-refractivity contribution < 1.29 is 52.5 Å². The number of nitrogens with zero attached hydrogens (tertiary/aromatic N) is 2. The number of cyclic esters (lactones) is 1. The molecule has 3 aliphatic rings. The smallest absolute Gasteiger partial charge is 0.407 e. The molecule has 0 radical (unpaired) electrons. The van der Waals surface area contributed by atoms with Crippen LogP contribution in [0.5, 0.6) is 0 Å².